The summed E-state index contributed by atoms with van der Waals surface area (Å²) in [7, 11) is 0. The number of nitrogens with zero attached hydrogens (tertiary/aromatic N) is 2. The number of nitrogens with one attached hydrogen (secondary N) is 1. The van der Waals surface area contributed by atoms with E-state index in [0.29, 0.717) is 13.1 Å². The maximum Gasteiger partial charge on any atom is 0.224 e. The first-order chi connectivity index (χ1) is 11.5. The molecule has 3 rings (SSSR count). The molecule has 5 nitrogen and oxygen atoms in total. The van der Waals surface area contributed by atoms with Crippen molar-refractivity contribution in [3.05, 3.63) is 29.3 Å². The molecule has 0 aliphatic carbocycles. The topological polar surface area (TPSA) is 62.3 Å². The minimum Gasteiger partial charge on any atom is -0.355 e. The molecule has 2 amide bonds. The molecule has 0 radical (unpaired) electrons. The predicted octanol–water partition coefficient (Wildman–Crippen LogP) is 2.77. The summed E-state index contributed by atoms with van der Waals surface area (Å²) in [6.45, 7) is 5.53. The molecule has 1 aliphatic heterocycles. The van der Waals surface area contributed by atoms with Crippen molar-refractivity contribution in [2.75, 3.05) is 19.6 Å². The smallest absolute Gasteiger partial charge is 0.224 e. The average molecular weight is 345 g/mol. The Bertz CT molecular complexity index is 710. The number of hydrogen-bond donors (Lipinski definition) is 1. The van der Waals surface area contributed by atoms with E-state index in [0.717, 1.165) is 29.9 Å². The van der Waals surface area contributed by atoms with Crippen LogP contribution in [0.1, 0.15) is 37.6 Å². The highest BCUT2D eigenvalue weighted by atomic mass is 32.1. The molecule has 2 unspecified atom stereocenters. The number of rotatable bonds is 4. The number of piperidine rings is 1. The Morgan fingerprint density at radius 1 is 1.42 bits per heavy atom. The third kappa shape index (κ3) is 3.75. The number of benzene rings is 1. The fraction of sp³-hybridized carbons (Fsp3) is 0.500. The van der Waals surface area contributed by atoms with Gasteiger partial charge in [0.05, 0.1) is 21.1 Å². The first kappa shape index (κ1) is 16.9. The molecule has 1 aromatic heterocycles. The third-order valence-corrected chi connectivity index (χ3v) is 5.82. The van der Waals surface area contributed by atoms with Gasteiger partial charge in [0.15, 0.2) is 0 Å². The van der Waals surface area contributed by atoms with Gasteiger partial charge in [-0.1, -0.05) is 19.1 Å². The van der Waals surface area contributed by atoms with Crippen molar-refractivity contribution in [1.29, 1.82) is 0 Å². The number of para-hydroxylation sites is 1. The molecule has 0 bridgehead atoms. The van der Waals surface area contributed by atoms with E-state index in [1.807, 2.05) is 18.2 Å². The van der Waals surface area contributed by atoms with Crippen LogP contribution in [0.15, 0.2) is 24.3 Å². The van der Waals surface area contributed by atoms with Crippen molar-refractivity contribution >= 4 is 33.4 Å². The van der Waals surface area contributed by atoms with Gasteiger partial charge in [-0.05, 0) is 25.0 Å². The number of carbonyl (C=O) groups excluding carboxylic acids is 2. The van der Waals surface area contributed by atoms with E-state index in [-0.39, 0.29) is 23.7 Å². The Balaban J connectivity index is 1.56. The minimum atomic E-state index is -0.0924. The van der Waals surface area contributed by atoms with E-state index in [4.69, 9.17) is 0 Å². The molecular weight excluding hydrogens is 322 g/mol. The lowest BCUT2D eigenvalue weighted by Gasteiger charge is -2.31. The van der Waals surface area contributed by atoms with Crippen LogP contribution in [0.4, 0.5) is 0 Å². The molecule has 1 saturated heterocycles. The molecule has 0 saturated carbocycles. The molecule has 128 valence electrons. The van der Waals surface area contributed by atoms with E-state index >= 15 is 0 Å². The van der Waals surface area contributed by atoms with Gasteiger partial charge in [0.25, 0.3) is 0 Å². The zero-order valence-electron chi connectivity index (χ0n) is 14.1. The molecular formula is C18H23N3O2S. The zero-order valence-corrected chi connectivity index (χ0v) is 14.9. The number of thiazole rings is 1. The van der Waals surface area contributed by atoms with Crippen LogP contribution in [-0.2, 0) is 9.59 Å². The summed E-state index contributed by atoms with van der Waals surface area (Å²) < 4.78 is 1.18. The Kier molecular flexibility index (Phi) is 5.14. The Hall–Kier alpha value is -1.95. The van der Waals surface area contributed by atoms with Crippen LogP contribution in [0.2, 0.25) is 0 Å². The highest BCUT2D eigenvalue weighted by Gasteiger charge is 2.27. The second-order valence-electron chi connectivity index (χ2n) is 6.47. The summed E-state index contributed by atoms with van der Waals surface area (Å²) in [6.07, 6.45) is 1.75. The van der Waals surface area contributed by atoms with Crippen LogP contribution in [0.25, 0.3) is 10.2 Å². The summed E-state index contributed by atoms with van der Waals surface area (Å²) in [5, 5.41) is 4.09. The highest BCUT2D eigenvalue weighted by molar-refractivity contribution is 7.18. The van der Waals surface area contributed by atoms with Crippen LogP contribution < -0.4 is 5.32 Å². The lowest BCUT2D eigenvalue weighted by molar-refractivity contribution is -0.133. The monoisotopic (exact) mass is 345 g/mol. The summed E-state index contributed by atoms with van der Waals surface area (Å²) >= 11 is 1.68. The number of fused-ring (bicyclic) bond motifs is 1. The van der Waals surface area contributed by atoms with Gasteiger partial charge in [-0.2, -0.15) is 0 Å². The van der Waals surface area contributed by atoms with Gasteiger partial charge in [0.1, 0.15) is 0 Å². The van der Waals surface area contributed by atoms with E-state index < -0.39 is 0 Å². The summed E-state index contributed by atoms with van der Waals surface area (Å²) in [6, 6.07) is 8.09. The van der Waals surface area contributed by atoms with E-state index in [2.05, 4.69) is 23.3 Å². The van der Waals surface area contributed by atoms with Crippen LogP contribution in [0.3, 0.4) is 0 Å². The van der Waals surface area contributed by atoms with Gasteiger partial charge in [-0.25, -0.2) is 4.98 Å². The standard InChI is InChI=1S/C18H23N3O2S/c1-12(18-20-15-7-3-4-8-16(15)24-18)10-19-17(23)14-6-5-9-21(11-14)13(2)22/h3-4,7-8,12,14H,5-6,9-11H2,1-2H3,(H,19,23). The molecule has 2 atom stereocenters. The average Bonchev–Trinajstić information content (AvgIpc) is 3.03. The highest BCUT2D eigenvalue weighted by Crippen LogP contribution is 2.27. The summed E-state index contributed by atoms with van der Waals surface area (Å²) in [5.41, 5.74) is 1.01. The van der Waals surface area contributed by atoms with Gasteiger partial charge >= 0.3 is 0 Å². The quantitative estimate of drug-likeness (QED) is 0.927. The fourth-order valence-corrected chi connectivity index (χ4v) is 4.08. The van der Waals surface area contributed by atoms with Crippen molar-refractivity contribution in [2.24, 2.45) is 5.92 Å². The Morgan fingerprint density at radius 2 is 2.21 bits per heavy atom. The van der Waals surface area contributed by atoms with Crippen LogP contribution in [0, 0.1) is 5.92 Å². The number of aromatic nitrogens is 1. The van der Waals surface area contributed by atoms with Crippen molar-refractivity contribution in [3.8, 4) is 0 Å². The van der Waals surface area contributed by atoms with Gasteiger partial charge in [0.2, 0.25) is 11.8 Å². The zero-order chi connectivity index (χ0) is 17.1. The van der Waals surface area contributed by atoms with Crippen LogP contribution >= 0.6 is 11.3 Å². The first-order valence-corrected chi connectivity index (χ1v) is 9.25. The molecule has 2 aromatic rings. The molecule has 1 N–H and O–H groups in total. The molecule has 1 fully saturated rings. The molecule has 0 spiro atoms. The lowest BCUT2D eigenvalue weighted by atomic mass is 9.97. The number of hydrogen-bond acceptors (Lipinski definition) is 4. The van der Waals surface area contributed by atoms with E-state index in [1.165, 1.54) is 4.70 Å². The lowest BCUT2D eigenvalue weighted by Crippen LogP contribution is -2.45. The SMILES string of the molecule is CC(=O)N1CCCC(C(=O)NCC(C)c2nc3ccccc3s2)C1. The Morgan fingerprint density at radius 3 is 2.96 bits per heavy atom. The number of carbonyl (C=O) groups is 2. The normalized spacial score (nSPS) is 19.2. The number of amides is 2. The van der Waals surface area contributed by atoms with E-state index in [1.54, 1.807) is 23.2 Å². The van der Waals surface area contributed by atoms with Gasteiger partial charge < -0.3 is 10.2 Å². The van der Waals surface area contributed by atoms with Crippen LogP contribution in [-0.4, -0.2) is 41.3 Å². The largest absolute Gasteiger partial charge is 0.355 e. The van der Waals surface area contributed by atoms with Crippen molar-refractivity contribution in [1.82, 2.24) is 15.2 Å². The molecule has 1 aliphatic rings. The molecule has 1 aromatic carbocycles. The van der Waals surface area contributed by atoms with Crippen LogP contribution in [0.5, 0.6) is 0 Å². The van der Waals surface area contributed by atoms with E-state index in [9.17, 15) is 9.59 Å². The van der Waals surface area contributed by atoms with Crippen molar-refractivity contribution < 1.29 is 9.59 Å². The predicted molar refractivity (Wildman–Crippen MR) is 96.0 cm³/mol. The van der Waals surface area contributed by atoms with Gasteiger partial charge in [0, 0.05) is 32.5 Å². The first-order valence-electron chi connectivity index (χ1n) is 8.43. The molecule has 2 heterocycles. The molecule has 24 heavy (non-hydrogen) atoms. The van der Waals surface area contributed by atoms with Gasteiger partial charge in [-0.15, -0.1) is 11.3 Å². The van der Waals surface area contributed by atoms with Crippen molar-refractivity contribution in [2.45, 2.75) is 32.6 Å². The second-order valence-corrected chi connectivity index (χ2v) is 7.53. The number of likely N-dealkylation sites (tertiary alicyclic amines) is 1. The molecule has 6 heteroatoms. The fourth-order valence-electron chi connectivity index (χ4n) is 3.06. The summed E-state index contributed by atoms with van der Waals surface area (Å²) in [5.74, 6) is 0.188. The summed E-state index contributed by atoms with van der Waals surface area (Å²) in [4.78, 5) is 30.3. The maximum atomic E-state index is 12.4. The third-order valence-electron chi connectivity index (χ3n) is 4.55. The van der Waals surface area contributed by atoms with Crippen molar-refractivity contribution in [3.63, 3.8) is 0 Å². The maximum absolute atomic E-state index is 12.4. The second kappa shape index (κ2) is 7.30. The minimum absolute atomic E-state index is 0.0499. The van der Waals surface area contributed by atoms with Gasteiger partial charge in [-0.3, -0.25) is 9.59 Å². The Labute approximate surface area is 146 Å².